The number of hydrogen-bond donors (Lipinski definition) is 0. The highest BCUT2D eigenvalue weighted by Crippen LogP contribution is 2.47. The molecule has 3 aromatic heterocycles. The Morgan fingerprint density at radius 3 is 2.42 bits per heavy atom. The maximum absolute atomic E-state index is 13.6. The normalized spacial score (nSPS) is 14.7. The highest BCUT2D eigenvalue weighted by Gasteiger charge is 2.36. The average molecular weight is 456 g/mol. The molecule has 6 rings (SSSR count). The second-order valence-electron chi connectivity index (χ2n) is 8.29. The smallest absolute Gasteiger partial charge is 0.331 e. The molecular weight excluding hydrogens is 434 g/mol. The Hall–Kier alpha value is -3.84. The second kappa shape index (κ2) is 7.08. The van der Waals surface area contributed by atoms with Gasteiger partial charge in [-0.3, -0.25) is 13.9 Å². The van der Waals surface area contributed by atoms with Crippen LogP contribution in [0.25, 0.3) is 27.8 Å². The number of aromatic nitrogens is 3. The first kappa shape index (κ1) is 19.8. The van der Waals surface area contributed by atoms with E-state index in [4.69, 9.17) is 4.74 Å². The van der Waals surface area contributed by atoms with Crippen molar-refractivity contribution in [2.24, 2.45) is 14.1 Å². The van der Waals surface area contributed by atoms with E-state index < -0.39 is 6.10 Å². The minimum Gasteiger partial charge on any atom is -0.476 e. The quantitative estimate of drug-likeness (QED) is 0.393. The fraction of sp³-hybridized carbons (Fsp3) is 0.154. The van der Waals surface area contributed by atoms with Crippen molar-refractivity contribution in [2.75, 3.05) is 0 Å². The molecule has 7 heteroatoms. The van der Waals surface area contributed by atoms with Crippen molar-refractivity contribution >= 4 is 22.2 Å². The fourth-order valence-corrected chi connectivity index (χ4v) is 5.59. The summed E-state index contributed by atoms with van der Waals surface area (Å²) in [5, 5.41) is 2.53. The van der Waals surface area contributed by atoms with Gasteiger partial charge in [0.25, 0.3) is 5.56 Å². The standard InChI is InChI=1S/C26H21N3O3S/c1-15-9-4-5-10-16(15)21-20-22(27(2)26(31)28(3)25(20)30)23-24(19-13-8-14-33-19)32-18-12-7-6-11-17(18)29(21)23/h4-14,24H,1-3H3. The van der Waals surface area contributed by atoms with Gasteiger partial charge in [-0.15, -0.1) is 11.3 Å². The lowest BCUT2D eigenvalue weighted by Crippen LogP contribution is -2.37. The van der Waals surface area contributed by atoms with Crippen molar-refractivity contribution in [3.63, 3.8) is 0 Å². The summed E-state index contributed by atoms with van der Waals surface area (Å²) in [7, 11) is 3.25. The van der Waals surface area contributed by atoms with Gasteiger partial charge in [-0.25, -0.2) is 4.79 Å². The van der Waals surface area contributed by atoms with E-state index in [1.54, 1.807) is 23.0 Å². The number of nitrogens with zero attached hydrogens (tertiary/aromatic N) is 3. The van der Waals surface area contributed by atoms with Crippen molar-refractivity contribution < 1.29 is 4.74 Å². The third kappa shape index (κ3) is 2.66. The minimum absolute atomic E-state index is 0.310. The maximum atomic E-state index is 13.6. The summed E-state index contributed by atoms with van der Waals surface area (Å²) in [4.78, 5) is 27.7. The molecule has 1 aliphatic rings. The molecule has 0 N–H and O–H groups in total. The monoisotopic (exact) mass is 455 g/mol. The summed E-state index contributed by atoms with van der Waals surface area (Å²) < 4.78 is 11.4. The van der Waals surface area contributed by atoms with Gasteiger partial charge in [0.05, 0.1) is 32.9 Å². The highest BCUT2D eigenvalue weighted by atomic mass is 32.1. The van der Waals surface area contributed by atoms with E-state index in [1.807, 2.05) is 73.0 Å². The summed E-state index contributed by atoms with van der Waals surface area (Å²) >= 11 is 1.59. The van der Waals surface area contributed by atoms with Crippen LogP contribution in [0.15, 0.2) is 75.6 Å². The van der Waals surface area contributed by atoms with E-state index in [2.05, 4.69) is 4.57 Å². The van der Waals surface area contributed by atoms with E-state index >= 15 is 0 Å². The summed E-state index contributed by atoms with van der Waals surface area (Å²) in [5.74, 6) is 0.736. The average Bonchev–Trinajstić information content (AvgIpc) is 3.48. The molecular formula is C26H21N3O3S. The molecule has 4 heterocycles. The van der Waals surface area contributed by atoms with Crippen LogP contribution >= 0.6 is 11.3 Å². The third-order valence-electron chi connectivity index (χ3n) is 6.41. The molecule has 5 aromatic rings. The van der Waals surface area contributed by atoms with E-state index in [1.165, 1.54) is 11.6 Å². The molecule has 1 aliphatic heterocycles. The zero-order valence-corrected chi connectivity index (χ0v) is 19.2. The molecule has 0 aliphatic carbocycles. The number of para-hydroxylation sites is 2. The Balaban J connectivity index is 1.91. The number of thiophene rings is 1. The number of ether oxygens (including phenoxy) is 1. The van der Waals surface area contributed by atoms with Crippen LogP contribution in [0.4, 0.5) is 0 Å². The summed E-state index contributed by atoms with van der Waals surface area (Å²) in [6.45, 7) is 2.04. The number of benzene rings is 2. The molecule has 2 aromatic carbocycles. The molecule has 0 saturated heterocycles. The maximum Gasteiger partial charge on any atom is 0.331 e. The molecule has 0 spiro atoms. The van der Waals surface area contributed by atoms with Gasteiger partial charge in [-0.2, -0.15) is 0 Å². The molecule has 0 amide bonds. The van der Waals surface area contributed by atoms with E-state index in [0.717, 1.165) is 38.8 Å². The molecule has 1 atom stereocenters. The van der Waals surface area contributed by atoms with Crippen LogP contribution in [0.1, 0.15) is 22.2 Å². The Labute approximate surface area is 193 Å². The van der Waals surface area contributed by atoms with Gasteiger partial charge >= 0.3 is 5.69 Å². The van der Waals surface area contributed by atoms with Gasteiger partial charge < -0.3 is 9.30 Å². The Morgan fingerprint density at radius 1 is 0.909 bits per heavy atom. The fourth-order valence-electron chi connectivity index (χ4n) is 4.84. The number of aryl methyl sites for hydroxylation is 2. The van der Waals surface area contributed by atoms with E-state index in [0.29, 0.717) is 10.9 Å². The molecule has 0 saturated carbocycles. The van der Waals surface area contributed by atoms with Crippen molar-refractivity contribution in [1.82, 2.24) is 13.7 Å². The second-order valence-corrected chi connectivity index (χ2v) is 9.27. The molecule has 0 fully saturated rings. The highest BCUT2D eigenvalue weighted by molar-refractivity contribution is 7.10. The first-order chi connectivity index (χ1) is 16.0. The van der Waals surface area contributed by atoms with Crippen LogP contribution in [-0.2, 0) is 14.1 Å². The Bertz CT molecular complexity index is 1670. The topological polar surface area (TPSA) is 58.2 Å². The van der Waals surface area contributed by atoms with Crippen LogP contribution in [0.5, 0.6) is 5.75 Å². The summed E-state index contributed by atoms with van der Waals surface area (Å²) in [6, 6.07) is 19.9. The third-order valence-corrected chi connectivity index (χ3v) is 7.33. The molecule has 33 heavy (non-hydrogen) atoms. The lowest BCUT2D eigenvalue weighted by atomic mass is 10.0. The molecule has 1 unspecified atom stereocenters. The summed E-state index contributed by atoms with van der Waals surface area (Å²) in [6.07, 6.45) is -0.446. The van der Waals surface area contributed by atoms with Gasteiger partial charge in [-0.1, -0.05) is 42.5 Å². The number of fused-ring (bicyclic) bond motifs is 5. The van der Waals surface area contributed by atoms with Crippen LogP contribution in [0.3, 0.4) is 0 Å². The molecule has 6 nitrogen and oxygen atoms in total. The van der Waals surface area contributed by atoms with Crippen LogP contribution in [0.2, 0.25) is 0 Å². The lowest BCUT2D eigenvalue weighted by molar-refractivity contribution is 0.233. The Morgan fingerprint density at radius 2 is 1.67 bits per heavy atom. The van der Waals surface area contributed by atoms with Gasteiger partial charge in [-0.05, 0) is 36.1 Å². The van der Waals surface area contributed by atoms with Crippen LogP contribution < -0.4 is 16.0 Å². The number of rotatable bonds is 2. The van der Waals surface area contributed by atoms with Crippen molar-refractivity contribution in [3.8, 4) is 22.7 Å². The molecule has 0 radical (unpaired) electrons. The lowest BCUT2D eigenvalue weighted by Gasteiger charge is -2.29. The first-order valence-corrected chi connectivity index (χ1v) is 11.6. The van der Waals surface area contributed by atoms with Crippen molar-refractivity contribution in [1.29, 1.82) is 0 Å². The van der Waals surface area contributed by atoms with Gasteiger partial charge in [0, 0.05) is 19.7 Å². The van der Waals surface area contributed by atoms with E-state index in [9.17, 15) is 9.59 Å². The number of hydrogen-bond acceptors (Lipinski definition) is 4. The minimum atomic E-state index is -0.446. The van der Waals surface area contributed by atoms with Gasteiger partial charge in [0.2, 0.25) is 0 Å². The predicted octanol–water partition coefficient (Wildman–Crippen LogP) is 4.55. The van der Waals surface area contributed by atoms with E-state index in [-0.39, 0.29) is 11.2 Å². The van der Waals surface area contributed by atoms with Crippen molar-refractivity contribution in [3.05, 3.63) is 103 Å². The summed E-state index contributed by atoms with van der Waals surface area (Å²) in [5.41, 5.74) is 4.36. The predicted molar refractivity (Wildman–Crippen MR) is 131 cm³/mol. The zero-order valence-electron chi connectivity index (χ0n) is 18.4. The zero-order chi connectivity index (χ0) is 22.9. The van der Waals surface area contributed by atoms with Crippen LogP contribution in [0, 0.1) is 6.92 Å². The SMILES string of the molecule is Cc1ccccc1-c1c2c(=O)n(C)c(=O)n(C)c2c2n1-c1ccccc1OC2c1cccs1. The Kier molecular flexibility index (Phi) is 4.25. The van der Waals surface area contributed by atoms with Gasteiger partial charge in [0.15, 0.2) is 6.10 Å². The molecule has 164 valence electrons. The largest absolute Gasteiger partial charge is 0.476 e. The first-order valence-electron chi connectivity index (χ1n) is 10.7. The van der Waals surface area contributed by atoms with Crippen molar-refractivity contribution in [2.45, 2.75) is 13.0 Å². The van der Waals surface area contributed by atoms with Gasteiger partial charge in [0.1, 0.15) is 5.75 Å². The van der Waals surface area contributed by atoms with Crippen LogP contribution in [-0.4, -0.2) is 13.7 Å². The molecule has 0 bridgehead atoms.